The number of aliphatic hydroxyl groups excluding tert-OH is 1. The summed E-state index contributed by atoms with van der Waals surface area (Å²) in [5, 5.41) is 23.9. The Morgan fingerprint density at radius 2 is 0.777 bits per heavy atom. The number of aliphatic carboxylic acids is 1. The summed E-state index contributed by atoms with van der Waals surface area (Å²) in [6.07, 6.45) is 2.47. The number of rotatable bonds is 23. The van der Waals surface area contributed by atoms with Crippen LogP contribution in [0.5, 0.6) is 0 Å². The molecule has 5 aromatic heterocycles. The first kappa shape index (κ1) is 117. The van der Waals surface area contributed by atoms with Crippen LogP contribution in [0, 0.1) is 34.6 Å². The molecule has 0 amide bonds. The number of halogens is 9. The number of carboxylic acids is 1. The number of carbonyl (C=O) groups excluding carboxylic acids is 2. The van der Waals surface area contributed by atoms with Crippen LogP contribution in [0.15, 0.2) is 321 Å². The zero-order valence-electron chi connectivity index (χ0n) is 66.7. The molecule has 0 saturated carbocycles. The van der Waals surface area contributed by atoms with Crippen LogP contribution in [0.25, 0.3) is 0 Å². The van der Waals surface area contributed by atoms with Gasteiger partial charge in [0.05, 0.1) is 25.6 Å². The van der Waals surface area contributed by atoms with Gasteiger partial charge in [-0.2, -0.15) is 0 Å². The molecule has 16 nitrogen and oxygen atoms in total. The number of benzene rings is 8. The van der Waals surface area contributed by atoms with Gasteiger partial charge in [0.2, 0.25) is 5.76 Å². The number of ether oxygens (including phenoxy) is 1. The van der Waals surface area contributed by atoms with Crippen LogP contribution < -0.4 is 40.6 Å². The number of nitrogen functional groups attached to an aromatic ring is 1. The molecule has 644 valence electrons. The number of nitrogens with two attached hydrogens (primary N) is 1. The van der Waals surface area contributed by atoms with Crippen molar-refractivity contribution in [3.63, 3.8) is 0 Å². The number of aliphatic hydroxyl groups is 1. The third-order valence-electron chi connectivity index (χ3n) is 15.2. The number of esters is 1. The number of furan rings is 5. The molecule has 121 heavy (non-hydrogen) atoms. The molecule has 0 aliphatic heterocycles. The Hall–Kier alpha value is -8.05. The van der Waals surface area contributed by atoms with E-state index in [0.29, 0.717) is 18.1 Å². The van der Waals surface area contributed by atoms with Crippen LogP contribution in [0.3, 0.4) is 0 Å². The number of thioether (sulfide) groups is 5. The van der Waals surface area contributed by atoms with Gasteiger partial charge >= 0.3 is 58.0 Å². The van der Waals surface area contributed by atoms with Crippen molar-refractivity contribution in [1.29, 1.82) is 0 Å². The minimum absolute atomic E-state index is 0. The van der Waals surface area contributed by atoms with Gasteiger partial charge in [-0.25, -0.2) is 4.79 Å². The van der Waals surface area contributed by atoms with Gasteiger partial charge in [-0.05, 0) is 224 Å². The van der Waals surface area contributed by atoms with Crippen LogP contribution >= 0.6 is 107 Å². The van der Waals surface area contributed by atoms with E-state index >= 15 is 0 Å². The molecule has 0 spiro atoms. The fourth-order valence-electron chi connectivity index (χ4n) is 9.11. The SMILES string of the molecule is C.C.CC(=O)O.COC(=O)c1ccc(SCc2ccccc2C)o1.Cc1ccccc1CSc1ccc(C=Nc2ccc(Br)cc2)o1.Cc1ccccc1CSc1ccc(C=O)o1.Cc1ccccc1CSc1ccc(CNc2ccc(Br)cc2)o1.Cc1ccccc1CSc1ccc(CO)o1.F.F.FF.FF.Nc1ccc(Br)cc1.[B].[H-].[Na+].[O]=[Mn]=[O]. The molecule has 0 fully saturated rings. The van der Waals surface area contributed by atoms with Gasteiger partial charge in [0.25, 0.3) is 5.97 Å². The molecule has 5 heterocycles. The number of nitrogens with one attached hydrogen (secondary N) is 1. The average molecular weight is 2010 g/mol. The van der Waals surface area contributed by atoms with Gasteiger partial charge in [-0.15, -0.1) is 0 Å². The molecule has 13 aromatic rings. The van der Waals surface area contributed by atoms with E-state index in [0.717, 1.165) is 109 Å². The average Bonchev–Trinajstić information content (AvgIpc) is 1.73. The molecular formula is C88H95BBr3F6MnN3NaO13S5. The number of aliphatic imine (C=N–C) groups is 1. The fourth-order valence-corrected chi connectivity index (χ4v) is 14.6. The normalized spacial score (nSPS) is 9.48. The van der Waals surface area contributed by atoms with Crippen molar-refractivity contribution in [1.82, 2.24) is 0 Å². The Morgan fingerprint density at radius 1 is 0.479 bits per heavy atom. The van der Waals surface area contributed by atoms with Crippen molar-refractivity contribution >= 4 is 157 Å². The molecule has 0 unspecified atom stereocenters. The summed E-state index contributed by atoms with van der Waals surface area (Å²) in [5.74, 6) is 6.08. The zero-order chi connectivity index (χ0) is 84.1. The molecule has 0 aliphatic rings. The number of nitrogens with zero attached hydrogens (tertiary/aromatic N) is 1. The van der Waals surface area contributed by atoms with E-state index < -0.39 is 26.8 Å². The van der Waals surface area contributed by atoms with Gasteiger partial charge in [-0.3, -0.25) is 24.0 Å². The van der Waals surface area contributed by atoms with Gasteiger partial charge < -0.3 is 49.5 Å². The Kier molecular flexibility index (Phi) is 67.1. The Morgan fingerprint density at radius 3 is 1.11 bits per heavy atom. The maximum atomic E-state index is 11.2. The number of aldehydes is 1. The van der Waals surface area contributed by atoms with Crippen LogP contribution in [-0.4, -0.2) is 50.2 Å². The predicted molar refractivity (Wildman–Crippen MR) is 486 cm³/mol. The molecule has 33 heteroatoms. The van der Waals surface area contributed by atoms with Gasteiger partial charge in [0.15, 0.2) is 37.5 Å². The second kappa shape index (κ2) is 69.4. The van der Waals surface area contributed by atoms with Gasteiger partial charge in [0, 0.05) is 87.2 Å². The van der Waals surface area contributed by atoms with Crippen molar-refractivity contribution in [2.24, 2.45) is 4.99 Å². The molecule has 0 aliphatic carbocycles. The van der Waals surface area contributed by atoms with E-state index in [1.165, 1.54) is 62.7 Å². The third-order valence-corrected chi connectivity index (χ3v) is 21.6. The monoisotopic (exact) mass is 2000 g/mol. The Bertz CT molecular complexity index is 5020. The van der Waals surface area contributed by atoms with Crippen LogP contribution in [0.1, 0.15) is 117 Å². The number of hydrogen-bond donors (Lipinski definition) is 4. The Labute approximate surface area is 781 Å². The van der Waals surface area contributed by atoms with Crippen molar-refractivity contribution in [2.75, 3.05) is 18.2 Å². The number of hydrogen-bond acceptors (Lipinski definition) is 20. The summed E-state index contributed by atoms with van der Waals surface area (Å²) in [6, 6.07) is 83.8. The van der Waals surface area contributed by atoms with E-state index in [4.69, 9.17) is 68.8 Å². The zero-order valence-corrected chi connectivity index (χ0v) is 77.7. The standard InChI is InChI=1S/C19H18BrNOS.C19H16BrNOS.C14H14O3S.C13H14O2S.C13H12O2S.C6H6BrN.C2H4O2.2CH4.B.2F2.2FH.Mn.Na.2O.H/c2*1-14-4-2-3-5-15(14)13-23-19-11-10-18(22-19)12-21-17-8-6-16(20)7-9-17;1-10-5-3-4-6-11(10)9-18-13-8-7-12(17-13)14(15)16-2;2*1-10-4-2-3-5-11(10)9-16-13-7-6-12(8-14)15-13;7-5-1-3-6(8)4-2-5;1-2(3)4;;;;2*1-2;;;;;;;/h2-11,21H,12-13H2,1H3;2-12H,13H2,1H3;3-8H,9H2,1-2H3;2-7,14H,8-9H2,1H3;2-8H,9H2,1H3;1-4H,8H2;1H3,(H,3,4);2*1H4;;;;2*1H;;;;;/q;;;;;;;;;;;;;;;+1;;;-1. The van der Waals surface area contributed by atoms with E-state index in [1.54, 1.807) is 89.3 Å². The minimum atomic E-state index is -1.44. The second-order valence-corrected chi connectivity index (χ2v) is 31.3. The number of methoxy groups -OCH3 is 1. The fraction of sp³-hybridized carbons (Fsp3) is 0.182. The van der Waals surface area contributed by atoms with Crippen molar-refractivity contribution in [3.05, 3.63) is 353 Å². The maximum absolute atomic E-state index is 11.2. The molecular weight excluding hydrogens is 1910 g/mol. The second-order valence-electron chi connectivity index (χ2n) is 23.4. The molecule has 8 aromatic carbocycles. The number of carboxylic acid groups (broad SMARTS) is 1. The summed E-state index contributed by atoms with van der Waals surface area (Å²) in [7, 11) is 1.34. The third kappa shape index (κ3) is 48.6. The van der Waals surface area contributed by atoms with Crippen LogP contribution in [-0.2, 0) is 73.9 Å². The Balaban J connectivity index is -0.000000671. The van der Waals surface area contributed by atoms with E-state index in [1.807, 2.05) is 146 Å². The van der Waals surface area contributed by atoms with E-state index in [9.17, 15) is 9.59 Å². The first-order valence-corrected chi connectivity index (χ1v) is 42.6. The molecule has 0 bridgehead atoms. The first-order chi connectivity index (χ1) is 55.6. The number of aryl methyl sites for hydroxylation is 5. The number of carbonyl (C=O) groups is 3. The summed E-state index contributed by atoms with van der Waals surface area (Å²) in [5.41, 5.74) is 21.2. The first-order valence-electron chi connectivity index (χ1n) is 34.3. The van der Waals surface area contributed by atoms with E-state index in [-0.39, 0.29) is 76.0 Å². The van der Waals surface area contributed by atoms with Crippen molar-refractivity contribution in [2.45, 2.75) is 124 Å². The molecule has 13 rings (SSSR count). The molecule has 5 N–H and O–H groups in total. The van der Waals surface area contributed by atoms with Gasteiger partial charge in [-0.1, -0.05) is 243 Å². The van der Waals surface area contributed by atoms with Crippen molar-refractivity contribution in [3.8, 4) is 0 Å². The predicted octanol–water partition coefficient (Wildman–Crippen LogP) is 25.3. The van der Waals surface area contributed by atoms with Crippen LogP contribution in [0.4, 0.5) is 44.8 Å². The summed E-state index contributed by atoms with van der Waals surface area (Å²) in [6.45, 7) is 12.3. The number of anilines is 2. The quantitative estimate of drug-likeness (QED) is 0.00883. The van der Waals surface area contributed by atoms with E-state index in [2.05, 4.69) is 182 Å². The van der Waals surface area contributed by atoms with Crippen molar-refractivity contribution < 1.29 is 133 Å². The summed E-state index contributed by atoms with van der Waals surface area (Å²) >= 11 is 16.9. The molecule has 0 atom stereocenters. The summed E-state index contributed by atoms with van der Waals surface area (Å²) < 4.78 is 84.3. The topological polar surface area (TPSA) is 251 Å². The van der Waals surface area contributed by atoms with Gasteiger partial charge in [0.1, 0.15) is 23.9 Å². The molecule has 0 saturated heterocycles. The summed E-state index contributed by atoms with van der Waals surface area (Å²) in [4.78, 5) is 35.1. The van der Waals surface area contributed by atoms with Crippen LogP contribution in [0.2, 0.25) is 0 Å². The molecule has 3 radical (unpaired) electrons.